The van der Waals surface area contributed by atoms with Gasteiger partial charge in [-0.2, -0.15) is 5.10 Å². The molecule has 1 aliphatic carbocycles. The van der Waals surface area contributed by atoms with Crippen LogP contribution >= 0.6 is 0 Å². The van der Waals surface area contributed by atoms with E-state index in [1.54, 1.807) is 17.3 Å². The minimum Gasteiger partial charge on any atom is -0.395 e. The molecule has 6 nitrogen and oxygen atoms in total. The minimum absolute atomic E-state index is 0.0141. The Kier molecular flexibility index (Phi) is 3.87. The molecular weight excluding hydrogens is 268 g/mol. The lowest BCUT2D eigenvalue weighted by Crippen LogP contribution is -2.39. The number of fused-ring (bicyclic) bond motifs is 1. The highest BCUT2D eigenvalue weighted by Crippen LogP contribution is 2.35. The van der Waals surface area contributed by atoms with Gasteiger partial charge >= 0.3 is 6.03 Å². The first-order valence-electron chi connectivity index (χ1n) is 7.04. The smallest absolute Gasteiger partial charge is 0.322 e. The summed E-state index contributed by atoms with van der Waals surface area (Å²) in [4.78, 5) is 14.2. The van der Waals surface area contributed by atoms with Gasteiger partial charge in [-0.05, 0) is 24.0 Å². The third kappa shape index (κ3) is 2.75. The van der Waals surface area contributed by atoms with Crippen LogP contribution in [0, 0.1) is 0 Å². The molecule has 0 aliphatic heterocycles. The highest BCUT2D eigenvalue weighted by Gasteiger charge is 2.30. The van der Waals surface area contributed by atoms with E-state index in [1.807, 2.05) is 12.1 Å². The van der Waals surface area contributed by atoms with Gasteiger partial charge in [-0.15, -0.1) is 0 Å². The molecule has 0 saturated heterocycles. The van der Waals surface area contributed by atoms with E-state index < -0.39 is 0 Å². The summed E-state index contributed by atoms with van der Waals surface area (Å²) < 4.78 is 0. The van der Waals surface area contributed by atoms with E-state index >= 15 is 0 Å². The van der Waals surface area contributed by atoms with Crippen LogP contribution in [0.5, 0.6) is 0 Å². The van der Waals surface area contributed by atoms with Gasteiger partial charge in [0.1, 0.15) is 0 Å². The first kappa shape index (κ1) is 13.6. The lowest BCUT2D eigenvalue weighted by Gasteiger charge is -2.29. The van der Waals surface area contributed by atoms with Gasteiger partial charge in [-0.3, -0.25) is 5.10 Å². The summed E-state index contributed by atoms with van der Waals surface area (Å²) in [6.45, 7) is 0.250. The quantitative estimate of drug-likeness (QED) is 0.803. The Morgan fingerprint density at radius 2 is 2.33 bits per heavy atom. The van der Waals surface area contributed by atoms with Gasteiger partial charge in [0, 0.05) is 12.7 Å². The second-order valence-electron chi connectivity index (χ2n) is 5.09. The van der Waals surface area contributed by atoms with Gasteiger partial charge in [0.05, 0.1) is 24.5 Å². The molecule has 0 spiro atoms. The zero-order chi connectivity index (χ0) is 14.7. The van der Waals surface area contributed by atoms with Crippen LogP contribution in [0.3, 0.4) is 0 Å². The van der Waals surface area contributed by atoms with Crippen molar-refractivity contribution < 1.29 is 9.90 Å². The van der Waals surface area contributed by atoms with Crippen LogP contribution in [-0.4, -0.2) is 39.4 Å². The zero-order valence-electron chi connectivity index (χ0n) is 11.6. The van der Waals surface area contributed by atoms with Crippen LogP contribution in [0.1, 0.15) is 23.6 Å². The predicted octanol–water partition coefficient (Wildman–Crippen LogP) is 1.92. The molecule has 3 rings (SSSR count). The van der Waals surface area contributed by atoms with E-state index in [4.69, 9.17) is 0 Å². The molecule has 0 bridgehead atoms. The zero-order valence-corrected chi connectivity index (χ0v) is 11.6. The fourth-order valence-corrected chi connectivity index (χ4v) is 2.88. The van der Waals surface area contributed by atoms with Gasteiger partial charge in [0.2, 0.25) is 0 Å². The number of benzene rings is 1. The number of hydrogen-bond donors (Lipinski definition) is 3. The van der Waals surface area contributed by atoms with Crippen molar-refractivity contribution in [2.45, 2.75) is 18.9 Å². The molecule has 2 amide bonds. The van der Waals surface area contributed by atoms with Gasteiger partial charge in [-0.1, -0.05) is 24.3 Å². The second kappa shape index (κ2) is 5.97. The number of aryl methyl sites for hydroxylation is 1. The summed E-state index contributed by atoms with van der Waals surface area (Å²) in [5, 5.41) is 18.5. The summed E-state index contributed by atoms with van der Waals surface area (Å²) in [5.74, 6) is 0. The average molecular weight is 286 g/mol. The molecule has 0 fully saturated rings. The Morgan fingerprint density at radius 1 is 1.48 bits per heavy atom. The third-order valence-electron chi connectivity index (χ3n) is 3.83. The van der Waals surface area contributed by atoms with Crippen LogP contribution in [0.15, 0.2) is 36.7 Å². The van der Waals surface area contributed by atoms with Crippen molar-refractivity contribution in [1.82, 2.24) is 15.1 Å². The molecule has 3 N–H and O–H groups in total. The van der Waals surface area contributed by atoms with E-state index in [0.717, 1.165) is 12.8 Å². The van der Waals surface area contributed by atoms with E-state index in [9.17, 15) is 9.90 Å². The number of carbonyl (C=O) groups is 1. The van der Waals surface area contributed by atoms with Crippen LogP contribution in [0.2, 0.25) is 0 Å². The summed E-state index contributed by atoms with van der Waals surface area (Å²) >= 11 is 0. The van der Waals surface area contributed by atoms with Crippen LogP contribution in [-0.2, 0) is 6.42 Å². The topological polar surface area (TPSA) is 81.2 Å². The Bertz CT molecular complexity index is 612. The van der Waals surface area contributed by atoms with Crippen LogP contribution in [0.25, 0.3) is 0 Å². The largest absolute Gasteiger partial charge is 0.395 e. The molecule has 21 heavy (non-hydrogen) atoms. The molecular formula is C15H18N4O2. The molecule has 2 aromatic rings. The average Bonchev–Trinajstić information content (AvgIpc) is 3.14. The van der Waals surface area contributed by atoms with Crippen molar-refractivity contribution in [3.05, 3.63) is 47.8 Å². The Balaban J connectivity index is 1.80. The highest BCUT2D eigenvalue weighted by molar-refractivity contribution is 5.89. The molecule has 1 heterocycles. The Morgan fingerprint density at radius 3 is 3.10 bits per heavy atom. The van der Waals surface area contributed by atoms with Crippen LogP contribution in [0.4, 0.5) is 10.5 Å². The number of rotatable bonds is 4. The Hall–Kier alpha value is -2.34. The van der Waals surface area contributed by atoms with Crippen LogP contribution < -0.4 is 5.32 Å². The van der Waals surface area contributed by atoms with Gasteiger partial charge in [0.15, 0.2) is 0 Å². The Labute approximate surface area is 122 Å². The second-order valence-corrected chi connectivity index (χ2v) is 5.09. The van der Waals surface area contributed by atoms with E-state index in [0.29, 0.717) is 12.2 Å². The summed E-state index contributed by atoms with van der Waals surface area (Å²) in [5.41, 5.74) is 3.07. The van der Waals surface area contributed by atoms with Crippen molar-refractivity contribution in [1.29, 1.82) is 0 Å². The number of amides is 2. The van der Waals surface area contributed by atoms with Gasteiger partial charge in [0.25, 0.3) is 0 Å². The maximum atomic E-state index is 12.5. The third-order valence-corrected chi connectivity index (χ3v) is 3.83. The molecule has 1 aromatic carbocycles. The maximum absolute atomic E-state index is 12.5. The fourth-order valence-electron chi connectivity index (χ4n) is 2.88. The summed E-state index contributed by atoms with van der Waals surface area (Å²) in [6, 6.07) is 7.96. The lowest BCUT2D eigenvalue weighted by atomic mass is 10.1. The molecule has 1 unspecified atom stereocenters. The lowest BCUT2D eigenvalue weighted by molar-refractivity contribution is 0.162. The molecule has 1 atom stereocenters. The number of nitrogens with one attached hydrogen (secondary N) is 2. The molecule has 1 aromatic heterocycles. The van der Waals surface area contributed by atoms with Gasteiger partial charge in [-0.25, -0.2) is 4.79 Å². The number of aliphatic hydroxyl groups excluding tert-OH is 1. The SMILES string of the molecule is O=C(Nc1cn[nH]c1)N(CCO)C1CCc2ccccc21. The van der Waals surface area contributed by atoms with E-state index in [-0.39, 0.29) is 18.7 Å². The number of urea groups is 1. The molecule has 6 heteroatoms. The monoisotopic (exact) mass is 286 g/mol. The number of aliphatic hydroxyl groups is 1. The molecule has 1 aliphatic rings. The number of aromatic amines is 1. The van der Waals surface area contributed by atoms with Crippen molar-refractivity contribution in [2.75, 3.05) is 18.5 Å². The van der Waals surface area contributed by atoms with E-state index in [1.165, 1.54) is 11.1 Å². The standard InChI is InChI=1S/C15H18N4O2/c20-8-7-19(15(21)18-12-9-16-17-10-12)14-6-5-11-3-1-2-4-13(11)14/h1-4,9-10,14,20H,5-8H2,(H,16,17)(H,18,21). The molecule has 0 radical (unpaired) electrons. The highest BCUT2D eigenvalue weighted by atomic mass is 16.3. The number of nitrogens with zero attached hydrogens (tertiary/aromatic N) is 2. The normalized spacial score (nSPS) is 16.5. The van der Waals surface area contributed by atoms with Crippen molar-refractivity contribution in [3.8, 4) is 0 Å². The number of anilines is 1. The van der Waals surface area contributed by atoms with E-state index in [2.05, 4.69) is 27.6 Å². The number of H-pyrrole nitrogens is 1. The van der Waals surface area contributed by atoms with Crippen molar-refractivity contribution in [2.24, 2.45) is 0 Å². The van der Waals surface area contributed by atoms with Gasteiger partial charge < -0.3 is 15.3 Å². The molecule has 0 saturated carbocycles. The number of carbonyl (C=O) groups excluding carboxylic acids is 1. The molecule has 110 valence electrons. The minimum atomic E-state index is -0.216. The maximum Gasteiger partial charge on any atom is 0.322 e. The predicted molar refractivity (Wildman–Crippen MR) is 78.9 cm³/mol. The first-order valence-corrected chi connectivity index (χ1v) is 7.04. The summed E-state index contributed by atoms with van der Waals surface area (Å²) in [7, 11) is 0. The number of hydrogen-bond acceptors (Lipinski definition) is 3. The summed E-state index contributed by atoms with van der Waals surface area (Å²) in [6.07, 6.45) is 5.02. The number of aromatic nitrogens is 2. The fraction of sp³-hybridized carbons (Fsp3) is 0.333. The van der Waals surface area contributed by atoms with Crippen molar-refractivity contribution in [3.63, 3.8) is 0 Å². The first-order chi connectivity index (χ1) is 10.3. The van der Waals surface area contributed by atoms with Crippen molar-refractivity contribution >= 4 is 11.7 Å².